The molecule has 2 aromatic heterocycles. The summed E-state index contributed by atoms with van der Waals surface area (Å²) in [6.07, 6.45) is 3.69. The molecule has 0 aliphatic rings. The smallest absolute Gasteiger partial charge is 0.212 e. The number of carbonyl (C=O) groups excluding carboxylic acids is 1. The average Bonchev–Trinajstić information content (AvgIpc) is 2.29. The molecule has 0 spiro atoms. The maximum atomic E-state index is 12.9. The van der Waals surface area contributed by atoms with Crippen molar-refractivity contribution >= 4 is 17.4 Å². The molecule has 0 saturated carbocycles. The highest BCUT2D eigenvalue weighted by molar-refractivity contribution is 6.30. The summed E-state index contributed by atoms with van der Waals surface area (Å²) in [5.41, 5.74) is 0.367. The van der Waals surface area contributed by atoms with Gasteiger partial charge in [0.05, 0.1) is 11.2 Å². The van der Waals surface area contributed by atoms with E-state index in [1.165, 1.54) is 18.5 Å². The summed E-state index contributed by atoms with van der Waals surface area (Å²) in [6.45, 7) is 0. The minimum atomic E-state index is -0.556. The minimum absolute atomic E-state index is 0.162. The van der Waals surface area contributed by atoms with Gasteiger partial charge in [-0.2, -0.15) is 0 Å². The quantitative estimate of drug-likeness (QED) is 0.753. The summed E-state index contributed by atoms with van der Waals surface area (Å²) in [6, 6.07) is 4.15. The minimum Gasteiger partial charge on any atom is -0.287 e. The van der Waals surface area contributed by atoms with Crippen molar-refractivity contribution < 1.29 is 9.18 Å². The first kappa shape index (κ1) is 10.7. The van der Waals surface area contributed by atoms with Crippen molar-refractivity contribution in [3.8, 4) is 0 Å². The Bertz CT molecular complexity index is 528. The lowest BCUT2D eigenvalue weighted by Gasteiger charge is -1.99. The number of hydrogen-bond donors (Lipinski definition) is 0. The molecule has 0 saturated heterocycles. The Kier molecular flexibility index (Phi) is 2.92. The number of rotatable bonds is 2. The van der Waals surface area contributed by atoms with Crippen molar-refractivity contribution in [3.05, 3.63) is 58.9 Å². The van der Waals surface area contributed by atoms with E-state index in [0.29, 0.717) is 5.02 Å². The van der Waals surface area contributed by atoms with Gasteiger partial charge in [-0.05, 0) is 18.2 Å². The van der Waals surface area contributed by atoms with E-state index < -0.39 is 5.82 Å². The molecular formula is C11H6ClFN2O. The monoisotopic (exact) mass is 236 g/mol. The second-order valence-corrected chi connectivity index (χ2v) is 3.52. The molecule has 0 aromatic carbocycles. The van der Waals surface area contributed by atoms with E-state index in [9.17, 15) is 9.18 Å². The van der Waals surface area contributed by atoms with Gasteiger partial charge in [0.2, 0.25) is 5.78 Å². The third-order valence-corrected chi connectivity index (χ3v) is 2.15. The number of pyridine rings is 2. The standard InChI is InChI=1S/C11H6ClFN2O/c12-8-1-2-10(15-5-8)11(16)7-3-9(13)6-14-4-7/h1-6H. The van der Waals surface area contributed by atoms with Crippen LogP contribution in [-0.4, -0.2) is 15.8 Å². The number of hydrogen-bond acceptors (Lipinski definition) is 3. The maximum absolute atomic E-state index is 12.9. The summed E-state index contributed by atoms with van der Waals surface area (Å²) in [4.78, 5) is 19.2. The summed E-state index contributed by atoms with van der Waals surface area (Å²) < 4.78 is 12.9. The van der Waals surface area contributed by atoms with Crippen molar-refractivity contribution in [2.24, 2.45) is 0 Å². The number of aromatic nitrogens is 2. The zero-order chi connectivity index (χ0) is 11.5. The summed E-state index contributed by atoms with van der Waals surface area (Å²) in [7, 11) is 0. The Labute approximate surface area is 95.9 Å². The largest absolute Gasteiger partial charge is 0.287 e. The molecule has 0 bridgehead atoms. The van der Waals surface area contributed by atoms with Crippen LogP contribution in [0.15, 0.2) is 36.8 Å². The van der Waals surface area contributed by atoms with Crippen LogP contribution in [0.5, 0.6) is 0 Å². The highest BCUT2D eigenvalue weighted by Gasteiger charge is 2.11. The fourth-order valence-corrected chi connectivity index (χ4v) is 1.31. The van der Waals surface area contributed by atoms with Crippen LogP contribution in [0.3, 0.4) is 0 Å². The molecule has 0 aliphatic heterocycles. The van der Waals surface area contributed by atoms with E-state index in [4.69, 9.17) is 11.6 Å². The molecule has 2 aromatic rings. The first-order chi connectivity index (χ1) is 7.66. The molecule has 16 heavy (non-hydrogen) atoms. The first-order valence-electron chi connectivity index (χ1n) is 4.43. The van der Waals surface area contributed by atoms with Gasteiger partial charge in [-0.15, -0.1) is 0 Å². The number of ketones is 1. The van der Waals surface area contributed by atoms with Crippen LogP contribution in [0.1, 0.15) is 16.1 Å². The van der Waals surface area contributed by atoms with E-state index in [0.717, 1.165) is 12.3 Å². The lowest BCUT2D eigenvalue weighted by molar-refractivity contribution is 0.103. The third kappa shape index (κ3) is 2.23. The predicted molar refractivity (Wildman–Crippen MR) is 56.9 cm³/mol. The van der Waals surface area contributed by atoms with Gasteiger partial charge < -0.3 is 0 Å². The number of nitrogens with zero attached hydrogens (tertiary/aromatic N) is 2. The molecule has 5 heteroatoms. The summed E-state index contributed by atoms with van der Waals surface area (Å²) in [5, 5.41) is 0.439. The van der Waals surface area contributed by atoms with Crippen LogP contribution in [0.2, 0.25) is 5.02 Å². The summed E-state index contributed by atoms with van der Waals surface area (Å²) >= 11 is 5.64. The molecule has 3 nitrogen and oxygen atoms in total. The molecule has 0 amide bonds. The molecule has 80 valence electrons. The van der Waals surface area contributed by atoms with Gasteiger partial charge in [0.1, 0.15) is 11.5 Å². The van der Waals surface area contributed by atoms with Gasteiger partial charge >= 0.3 is 0 Å². The second kappa shape index (κ2) is 4.37. The number of carbonyl (C=O) groups is 1. The van der Waals surface area contributed by atoms with Crippen LogP contribution in [0.25, 0.3) is 0 Å². The van der Waals surface area contributed by atoms with Gasteiger partial charge in [0.25, 0.3) is 0 Å². The van der Waals surface area contributed by atoms with Gasteiger partial charge in [-0.25, -0.2) is 4.39 Å². The SMILES string of the molecule is O=C(c1cncc(F)c1)c1ccc(Cl)cn1. The van der Waals surface area contributed by atoms with Crippen molar-refractivity contribution in [2.75, 3.05) is 0 Å². The van der Waals surface area contributed by atoms with E-state index in [-0.39, 0.29) is 17.0 Å². The van der Waals surface area contributed by atoms with Gasteiger partial charge in [-0.1, -0.05) is 11.6 Å². The molecule has 0 unspecified atom stereocenters. The Morgan fingerprint density at radius 3 is 2.69 bits per heavy atom. The lowest BCUT2D eigenvalue weighted by Crippen LogP contribution is -2.04. The van der Waals surface area contributed by atoms with Crippen LogP contribution in [0.4, 0.5) is 4.39 Å². The highest BCUT2D eigenvalue weighted by Crippen LogP contribution is 2.11. The maximum Gasteiger partial charge on any atom is 0.212 e. The zero-order valence-electron chi connectivity index (χ0n) is 8.02. The van der Waals surface area contributed by atoms with E-state index in [2.05, 4.69) is 9.97 Å². The third-order valence-electron chi connectivity index (χ3n) is 1.93. The van der Waals surface area contributed by atoms with Crippen molar-refractivity contribution in [1.29, 1.82) is 0 Å². The molecular weight excluding hydrogens is 231 g/mol. The van der Waals surface area contributed by atoms with E-state index in [1.807, 2.05) is 0 Å². The van der Waals surface area contributed by atoms with Crippen LogP contribution >= 0.6 is 11.6 Å². The predicted octanol–water partition coefficient (Wildman–Crippen LogP) is 2.50. The van der Waals surface area contributed by atoms with E-state index in [1.54, 1.807) is 6.07 Å². The van der Waals surface area contributed by atoms with Crippen LogP contribution in [0, 0.1) is 5.82 Å². The fraction of sp³-hybridized carbons (Fsp3) is 0. The van der Waals surface area contributed by atoms with Crippen LogP contribution in [-0.2, 0) is 0 Å². The van der Waals surface area contributed by atoms with Gasteiger partial charge in [0, 0.05) is 18.0 Å². The molecule has 0 N–H and O–H groups in total. The lowest BCUT2D eigenvalue weighted by atomic mass is 10.1. The molecule has 0 fully saturated rings. The Morgan fingerprint density at radius 2 is 2.06 bits per heavy atom. The molecule has 0 atom stereocenters. The van der Waals surface area contributed by atoms with Crippen molar-refractivity contribution in [2.45, 2.75) is 0 Å². The highest BCUT2D eigenvalue weighted by atomic mass is 35.5. The first-order valence-corrected chi connectivity index (χ1v) is 4.81. The molecule has 2 rings (SSSR count). The zero-order valence-corrected chi connectivity index (χ0v) is 8.78. The second-order valence-electron chi connectivity index (χ2n) is 3.08. The van der Waals surface area contributed by atoms with Crippen molar-refractivity contribution in [1.82, 2.24) is 9.97 Å². The molecule has 0 radical (unpaired) electrons. The summed E-state index contributed by atoms with van der Waals surface area (Å²) in [5.74, 6) is -0.941. The van der Waals surface area contributed by atoms with Crippen LogP contribution < -0.4 is 0 Å². The number of halogens is 2. The fourth-order valence-electron chi connectivity index (χ4n) is 1.19. The Morgan fingerprint density at radius 1 is 1.25 bits per heavy atom. The van der Waals surface area contributed by atoms with E-state index >= 15 is 0 Å². The topological polar surface area (TPSA) is 42.9 Å². The van der Waals surface area contributed by atoms with Gasteiger partial charge in [-0.3, -0.25) is 14.8 Å². The van der Waals surface area contributed by atoms with Gasteiger partial charge in [0.15, 0.2) is 0 Å². The Hall–Kier alpha value is -1.81. The molecule has 0 aliphatic carbocycles. The molecule has 2 heterocycles. The normalized spacial score (nSPS) is 10.1. The Balaban J connectivity index is 2.35. The van der Waals surface area contributed by atoms with Crippen molar-refractivity contribution in [3.63, 3.8) is 0 Å². The average molecular weight is 237 g/mol.